The smallest absolute Gasteiger partial charge is 0.0497 e. The van der Waals surface area contributed by atoms with E-state index >= 15 is 0 Å². The van der Waals surface area contributed by atoms with Gasteiger partial charge in [0.25, 0.3) is 0 Å². The first-order valence-electron chi connectivity index (χ1n) is 10.3. The predicted molar refractivity (Wildman–Crippen MR) is 110 cm³/mol. The Labute approximate surface area is 159 Å². The van der Waals surface area contributed by atoms with Gasteiger partial charge in [-0.05, 0) is 66.7 Å². The summed E-state index contributed by atoms with van der Waals surface area (Å²) >= 11 is 0. The number of rotatable bonds is 7. The Morgan fingerprint density at radius 3 is 2.58 bits per heavy atom. The molecule has 2 nitrogen and oxygen atoms in total. The third kappa shape index (κ3) is 3.70. The van der Waals surface area contributed by atoms with E-state index in [1.54, 1.807) is 0 Å². The summed E-state index contributed by atoms with van der Waals surface area (Å²) in [5.74, 6) is 0.552. The third-order valence-corrected chi connectivity index (χ3v) is 6.28. The highest BCUT2D eigenvalue weighted by molar-refractivity contribution is 5.40. The average molecular weight is 351 g/mol. The number of unbranched alkanes of at least 4 members (excludes halogenated alkanes) is 1. The van der Waals surface area contributed by atoms with Crippen molar-refractivity contribution in [1.82, 2.24) is 9.97 Å². The zero-order valence-corrected chi connectivity index (χ0v) is 17.2. The maximum absolute atomic E-state index is 4.73. The SMILES string of the molecule is CCCCc1ncccc1C(C)CCC1(C)CC(C)(C)c2ncccc21. The molecule has 2 aromatic rings. The van der Waals surface area contributed by atoms with Crippen LogP contribution in [0.5, 0.6) is 0 Å². The molecule has 1 aliphatic carbocycles. The lowest BCUT2D eigenvalue weighted by atomic mass is 9.75. The molecule has 0 spiro atoms. The predicted octanol–water partition coefficient (Wildman–Crippen LogP) is 6.34. The lowest BCUT2D eigenvalue weighted by molar-refractivity contribution is 0.338. The van der Waals surface area contributed by atoms with Crippen LogP contribution < -0.4 is 0 Å². The molecule has 0 saturated carbocycles. The van der Waals surface area contributed by atoms with Crippen LogP contribution in [0, 0.1) is 0 Å². The van der Waals surface area contributed by atoms with Gasteiger partial charge in [0.2, 0.25) is 0 Å². The lowest BCUT2D eigenvalue weighted by Gasteiger charge is -2.29. The average Bonchev–Trinajstić information content (AvgIpc) is 2.85. The largest absolute Gasteiger partial charge is 0.261 e. The van der Waals surface area contributed by atoms with Crippen molar-refractivity contribution in [2.75, 3.05) is 0 Å². The first kappa shape index (κ1) is 19.1. The number of hydrogen-bond donors (Lipinski definition) is 0. The zero-order chi connectivity index (χ0) is 18.8. The molecule has 0 bridgehead atoms. The van der Waals surface area contributed by atoms with Crippen LogP contribution in [0.1, 0.15) is 95.2 Å². The van der Waals surface area contributed by atoms with E-state index in [-0.39, 0.29) is 10.8 Å². The molecular formula is C24H34N2. The summed E-state index contributed by atoms with van der Waals surface area (Å²) in [7, 11) is 0. The standard InChI is InChI=1S/C24H34N2/c1-6-7-12-21-19(10-8-15-25-21)18(2)13-14-24(5)17-23(3,4)22-20(24)11-9-16-26-22/h8-11,15-16,18H,6-7,12-14,17H2,1-5H3. The molecule has 1 aliphatic rings. The van der Waals surface area contributed by atoms with Gasteiger partial charge in [-0.1, -0.05) is 53.2 Å². The molecule has 0 aromatic carbocycles. The second-order valence-electron chi connectivity index (χ2n) is 9.10. The Balaban J connectivity index is 1.76. The monoisotopic (exact) mass is 350 g/mol. The summed E-state index contributed by atoms with van der Waals surface area (Å²) in [6, 6.07) is 8.80. The second-order valence-corrected chi connectivity index (χ2v) is 9.10. The molecule has 26 heavy (non-hydrogen) atoms. The quantitative estimate of drug-likeness (QED) is 0.582. The molecule has 0 fully saturated rings. The number of hydrogen-bond acceptors (Lipinski definition) is 2. The van der Waals surface area contributed by atoms with Gasteiger partial charge in [-0.15, -0.1) is 0 Å². The van der Waals surface area contributed by atoms with Crippen molar-refractivity contribution in [3.05, 3.63) is 59.2 Å². The van der Waals surface area contributed by atoms with Crippen molar-refractivity contribution in [3.63, 3.8) is 0 Å². The van der Waals surface area contributed by atoms with Crippen molar-refractivity contribution in [3.8, 4) is 0 Å². The van der Waals surface area contributed by atoms with Gasteiger partial charge in [0.1, 0.15) is 0 Å². The normalized spacial score (nSPS) is 22.2. The Hall–Kier alpha value is -1.70. The fraction of sp³-hybridized carbons (Fsp3) is 0.583. The van der Waals surface area contributed by atoms with Crippen LogP contribution in [0.3, 0.4) is 0 Å². The first-order valence-corrected chi connectivity index (χ1v) is 10.3. The molecule has 0 amide bonds. The maximum Gasteiger partial charge on any atom is 0.0497 e. The fourth-order valence-corrected chi connectivity index (χ4v) is 4.95. The summed E-state index contributed by atoms with van der Waals surface area (Å²) in [5, 5.41) is 0. The van der Waals surface area contributed by atoms with Crippen molar-refractivity contribution in [2.24, 2.45) is 0 Å². The lowest BCUT2D eigenvalue weighted by Crippen LogP contribution is -2.22. The molecule has 140 valence electrons. The van der Waals surface area contributed by atoms with E-state index < -0.39 is 0 Å². The highest BCUT2D eigenvalue weighted by Crippen LogP contribution is 2.51. The molecule has 2 atom stereocenters. The fourth-order valence-electron chi connectivity index (χ4n) is 4.95. The van der Waals surface area contributed by atoms with Gasteiger partial charge in [0.15, 0.2) is 0 Å². The zero-order valence-electron chi connectivity index (χ0n) is 17.2. The molecule has 2 aromatic heterocycles. The Morgan fingerprint density at radius 2 is 1.81 bits per heavy atom. The Bertz CT molecular complexity index is 749. The van der Waals surface area contributed by atoms with Crippen LogP contribution in [-0.4, -0.2) is 9.97 Å². The van der Waals surface area contributed by atoms with Crippen LogP contribution in [0.4, 0.5) is 0 Å². The van der Waals surface area contributed by atoms with Gasteiger partial charge >= 0.3 is 0 Å². The van der Waals surface area contributed by atoms with Gasteiger partial charge in [0, 0.05) is 29.2 Å². The van der Waals surface area contributed by atoms with Crippen molar-refractivity contribution in [2.45, 2.75) is 89.9 Å². The summed E-state index contributed by atoms with van der Waals surface area (Å²) in [6.45, 7) is 11.8. The van der Waals surface area contributed by atoms with Crippen molar-refractivity contribution >= 4 is 0 Å². The summed E-state index contributed by atoms with van der Waals surface area (Å²) in [6.07, 6.45) is 11.0. The number of aromatic nitrogens is 2. The third-order valence-electron chi connectivity index (χ3n) is 6.28. The highest BCUT2D eigenvalue weighted by Gasteiger charge is 2.45. The van der Waals surface area contributed by atoms with Gasteiger partial charge in [0.05, 0.1) is 0 Å². The van der Waals surface area contributed by atoms with E-state index in [2.05, 4.69) is 63.9 Å². The van der Waals surface area contributed by atoms with Crippen molar-refractivity contribution in [1.29, 1.82) is 0 Å². The Kier molecular flexibility index (Phi) is 5.50. The van der Waals surface area contributed by atoms with E-state index in [1.807, 2.05) is 12.4 Å². The molecule has 0 N–H and O–H groups in total. The van der Waals surface area contributed by atoms with E-state index in [0.29, 0.717) is 5.92 Å². The Morgan fingerprint density at radius 1 is 1.08 bits per heavy atom. The van der Waals surface area contributed by atoms with E-state index in [4.69, 9.17) is 4.98 Å². The van der Waals surface area contributed by atoms with E-state index in [9.17, 15) is 0 Å². The van der Waals surface area contributed by atoms with Crippen LogP contribution >= 0.6 is 0 Å². The van der Waals surface area contributed by atoms with E-state index in [1.165, 1.54) is 54.6 Å². The molecule has 3 rings (SSSR count). The molecule has 2 heteroatoms. The maximum atomic E-state index is 4.73. The minimum absolute atomic E-state index is 0.176. The molecular weight excluding hydrogens is 316 g/mol. The van der Waals surface area contributed by atoms with E-state index in [0.717, 1.165) is 6.42 Å². The molecule has 2 heterocycles. The number of pyridine rings is 2. The topological polar surface area (TPSA) is 25.8 Å². The number of aryl methyl sites for hydroxylation is 1. The van der Waals surface area contributed by atoms with Gasteiger partial charge in [-0.25, -0.2) is 0 Å². The van der Waals surface area contributed by atoms with Crippen LogP contribution in [0.25, 0.3) is 0 Å². The first-order chi connectivity index (χ1) is 12.4. The number of fused-ring (bicyclic) bond motifs is 1. The van der Waals surface area contributed by atoms with Crippen molar-refractivity contribution < 1.29 is 0 Å². The summed E-state index contributed by atoms with van der Waals surface area (Å²) < 4.78 is 0. The molecule has 2 unspecified atom stereocenters. The minimum atomic E-state index is 0.176. The van der Waals surface area contributed by atoms with Crippen LogP contribution in [0.15, 0.2) is 36.7 Å². The number of nitrogens with zero attached hydrogens (tertiary/aromatic N) is 2. The van der Waals surface area contributed by atoms with Crippen LogP contribution in [0.2, 0.25) is 0 Å². The van der Waals surface area contributed by atoms with Crippen LogP contribution in [-0.2, 0) is 17.3 Å². The summed E-state index contributed by atoms with van der Waals surface area (Å²) in [4.78, 5) is 9.41. The van der Waals surface area contributed by atoms with Gasteiger partial charge in [-0.3, -0.25) is 9.97 Å². The van der Waals surface area contributed by atoms with Gasteiger partial charge in [-0.2, -0.15) is 0 Å². The molecule has 0 aliphatic heterocycles. The molecule has 0 saturated heterocycles. The molecule has 0 radical (unpaired) electrons. The highest BCUT2D eigenvalue weighted by atomic mass is 14.7. The summed E-state index contributed by atoms with van der Waals surface area (Å²) in [5.41, 5.74) is 5.94. The van der Waals surface area contributed by atoms with Gasteiger partial charge < -0.3 is 0 Å². The second kappa shape index (κ2) is 7.50. The minimum Gasteiger partial charge on any atom is -0.261 e.